The van der Waals surface area contributed by atoms with E-state index >= 15 is 0 Å². The Morgan fingerprint density at radius 3 is 1.25 bits per heavy atom. The quantitative estimate of drug-likeness (QED) is 0.334. The van der Waals surface area contributed by atoms with Crippen LogP contribution in [0.25, 0.3) is 0 Å². The molecule has 0 N–H and O–H groups in total. The molecule has 0 rings (SSSR count). The van der Waals surface area contributed by atoms with E-state index in [0.717, 1.165) is 0 Å². The standard InChI is InChI=1S/Al.O.H4Si.Ti.H/h;;1H4;;. The predicted molar refractivity (Wildman–Crippen MR) is 19.2 cm³/mol. The predicted octanol–water partition coefficient (Wildman–Crippen LogP) is -2.22. The SMILES string of the molecule is [O]=[AlH].[SiH4].[Ti]. The minimum Gasteiger partial charge on any atom is -0.0149 e. The van der Waals surface area contributed by atoms with Crippen molar-refractivity contribution in [2.24, 2.45) is 0 Å². The molecule has 0 atom stereocenters. The average molecular weight is 124 g/mol. The summed E-state index contributed by atoms with van der Waals surface area (Å²) in [7, 11) is 0. The average Bonchev–Trinajstić information content (AvgIpc) is 1.00. The summed E-state index contributed by atoms with van der Waals surface area (Å²) in [5.41, 5.74) is 0. The van der Waals surface area contributed by atoms with Crippen LogP contribution in [0.1, 0.15) is 0 Å². The van der Waals surface area contributed by atoms with Crippen molar-refractivity contribution in [3.8, 4) is 0 Å². The molecule has 0 aromatic heterocycles. The molecule has 0 aromatic carbocycles. The maximum absolute atomic E-state index is 8.28. The zero-order chi connectivity index (χ0) is 2.00. The van der Waals surface area contributed by atoms with Gasteiger partial charge in [0.1, 0.15) is 0 Å². The van der Waals surface area contributed by atoms with Crippen LogP contribution in [0.2, 0.25) is 0 Å². The van der Waals surface area contributed by atoms with E-state index in [1.54, 1.807) is 0 Å². The summed E-state index contributed by atoms with van der Waals surface area (Å²) in [5, 5.41) is 0. The Morgan fingerprint density at radius 2 is 1.25 bits per heavy atom. The van der Waals surface area contributed by atoms with E-state index in [4.69, 9.17) is 3.80 Å². The third kappa shape index (κ3) is 10.5. The van der Waals surface area contributed by atoms with Gasteiger partial charge in [-0.05, 0) is 11.0 Å². The summed E-state index contributed by atoms with van der Waals surface area (Å²) in [6, 6.07) is 0. The van der Waals surface area contributed by atoms with Gasteiger partial charge in [0.15, 0.2) is 0 Å². The van der Waals surface area contributed by atoms with Crippen molar-refractivity contribution in [3.63, 3.8) is 0 Å². The minimum absolute atomic E-state index is 0. The Hall–Kier alpha value is 1.26. The van der Waals surface area contributed by atoms with E-state index in [1.807, 2.05) is 0 Å². The third-order valence-electron chi connectivity index (χ3n) is 0. The smallest absolute Gasteiger partial charge is 0 e. The van der Waals surface area contributed by atoms with Crippen molar-refractivity contribution in [1.29, 1.82) is 0 Å². The summed E-state index contributed by atoms with van der Waals surface area (Å²) in [6.45, 7) is 0. The largest absolute Gasteiger partial charge is 0.0149 e. The Morgan fingerprint density at radius 1 is 1.25 bits per heavy atom. The molecular weight excluding hydrogens is 119 g/mol. The molecule has 0 saturated carbocycles. The van der Waals surface area contributed by atoms with Gasteiger partial charge in [-0.25, -0.2) is 0 Å². The molecule has 0 heterocycles. The molecule has 0 aromatic rings. The topological polar surface area (TPSA) is 17.1 Å². The Kier molecular flexibility index (Phi) is 133. The molecule has 0 spiro atoms. The fraction of sp³-hybridized carbons (Fsp3) is 0. The fourth-order valence-corrected chi connectivity index (χ4v) is 0. The number of rotatable bonds is 0. The van der Waals surface area contributed by atoms with E-state index in [-0.39, 0.29) is 32.7 Å². The molecule has 0 amide bonds. The second-order valence-corrected chi connectivity index (χ2v) is 0. The first-order chi connectivity index (χ1) is 1.00. The van der Waals surface area contributed by atoms with Gasteiger partial charge in [-0.2, -0.15) is 0 Å². The second-order valence-electron chi connectivity index (χ2n) is 0. The summed E-state index contributed by atoms with van der Waals surface area (Å²) < 4.78 is 8.28. The van der Waals surface area contributed by atoms with Crippen LogP contribution in [-0.4, -0.2) is 27.2 Å². The maximum atomic E-state index is 8.28. The summed E-state index contributed by atoms with van der Waals surface area (Å²) in [5.74, 6) is 0. The van der Waals surface area contributed by atoms with Crippen LogP contribution in [0, 0.1) is 0 Å². The van der Waals surface area contributed by atoms with Gasteiger partial charge >= 0.3 is 20.0 Å². The minimum atomic E-state index is 0. The number of hydrogen-bond acceptors (Lipinski definition) is 1. The van der Waals surface area contributed by atoms with Crippen LogP contribution in [-0.2, 0) is 25.5 Å². The van der Waals surface area contributed by atoms with E-state index < -0.39 is 0 Å². The molecule has 1 nitrogen and oxygen atoms in total. The molecule has 22 valence electrons. The Balaban J connectivity index is -0.00000000500. The van der Waals surface area contributed by atoms with Gasteiger partial charge < -0.3 is 0 Å². The van der Waals surface area contributed by atoms with Crippen LogP contribution >= 0.6 is 0 Å². The molecule has 0 aliphatic rings. The molecule has 0 fully saturated rings. The normalized spacial score (nSPS) is 0.750. The molecule has 0 saturated heterocycles. The van der Waals surface area contributed by atoms with Crippen LogP contribution in [0.5, 0.6) is 0 Å². The Bertz CT molecular complexity index is 8.00. The first kappa shape index (κ1) is 18.7. The number of hydrogen-bond donors (Lipinski definition) is 0. The van der Waals surface area contributed by atoms with E-state index in [9.17, 15) is 0 Å². The zero-order valence-corrected chi connectivity index (χ0v) is 4.59. The molecule has 0 aliphatic carbocycles. The van der Waals surface area contributed by atoms with Gasteiger partial charge in [0.2, 0.25) is 0 Å². The third-order valence-corrected chi connectivity index (χ3v) is 0. The van der Waals surface area contributed by atoms with E-state index in [0.29, 0.717) is 16.2 Å². The molecule has 4 heteroatoms. The van der Waals surface area contributed by atoms with Gasteiger partial charge in [-0.3, -0.25) is 0 Å². The maximum Gasteiger partial charge on any atom is 0 e. The van der Waals surface area contributed by atoms with Gasteiger partial charge in [0.25, 0.3) is 0 Å². The Labute approximate surface area is 52.7 Å². The van der Waals surface area contributed by atoms with Gasteiger partial charge in [0, 0.05) is 21.7 Å². The summed E-state index contributed by atoms with van der Waals surface area (Å²) in [6.07, 6.45) is 0. The summed E-state index contributed by atoms with van der Waals surface area (Å²) >= 11 is 0.611. The van der Waals surface area contributed by atoms with Gasteiger partial charge in [-0.15, -0.1) is 0 Å². The monoisotopic (exact) mass is 124 g/mol. The molecule has 4 heavy (non-hydrogen) atoms. The second kappa shape index (κ2) is 28.4. The van der Waals surface area contributed by atoms with Crippen LogP contribution in [0.15, 0.2) is 0 Å². The molecule has 0 unspecified atom stereocenters. The first-order valence-electron chi connectivity index (χ1n) is 0.289. The van der Waals surface area contributed by atoms with Crippen molar-refractivity contribution in [1.82, 2.24) is 0 Å². The fourth-order valence-electron chi connectivity index (χ4n) is 0. The van der Waals surface area contributed by atoms with Crippen molar-refractivity contribution in [2.75, 3.05) is 0 Å². The van der Waals surface area contributed by atoms with Crippen molar-refractivity contribution < 1.29 is 25.5 Å². The molecular formula is H5AlOSiTi. The molecule has 0 radical (unpaired) electrons. The van der Waals surface area contributed by atoms with Crippen LogP contribution in [0.4, 0.5) is 0 Å². The van der Waals surface area contributed by atoms with Crippen molar-refractivity contribution in [3.05, 3.63) is 0 Å². The molecule has 0 bridgehead atoms. The zero-order valence-electron chi connectivity index (χ0n) is 1.62. The van der Waals surface area contributed by atoms with Gasteiger partial charge in [-0.1, -0.05) is 0 Å². The first-order valence-corrected chi connectivity index (χ1v) is 0.866. The van der Waals surface area contributed by atoms with E-state index in [1.165, 1.54) is 0 Å². The molecule has 0 aliphatic heterocycles. The van der Waals surface area contributed by atoms with Crippen molar-refractivity contribution >= 4 is 27.2 Å². The van der Waals surface area contributed by atoms with Crippen molar-refractivity contribution in [2.45, 2.75) is 0 Å². The van der Waals surface area contributed by atoms with E-state index in [2.05, 4.69) is 0 Å². The van der Waals surface area contributed by atoms with Crippen LogP contribution in [0.3, 0.4) is 0 Å². The van der Waals surface area contributed by atoms with Crippen LogP contribution < -0.4 is 0 Å². The van der Waals surface area contributed by atoms with Gasteiger partial charge in [0.05, 0.1) is 0 Å². The summed E-state index contributed by atoms with van der Waals surface area (Å²) in [4.78, 5) is 0.